The van der Waals surface area contributed by atoms with Crippen LogP contribution in [0.15, 0.2) is 46.9 Å². The quantitative estimate of drug-likeness (QED) is 0.637. The van der Waals surface area contributed by atoms with E-state index in [4.69, 9.17) is 24.5 Å². The van der Waals surface area contributed by atoms with Gasteiger partial charge in [-0.05, 0) is 46.1 Å². The summed E-state index contributed by atoms with van der Waals surface area (Å²) < 4.78 is 6.33. The molecular formula is C22H27BrN2O5. The van der Waals surface area contributed by atoms with E-state index in [-0.39, 0.29) is 0 Å². The van der Waals surface area contributed by atoms with Crippen molar-refractivity contribution in [1.82, 2.24) is 9.80 Å². The van der Waals surface area contributed by atoms with E-state index >= 15 is 0 Å². The number of rotatable bonds is 5. The van der Waals surface area contributed by atoms with Crippen molar-refractivity contribution in [3.05, 3.63) is 63.6 Å². The summed E-state index contributed by atoms with van der Waals surface area (Å²) in [6.45, 7) is 8.72. The lowest BCUT2D eigenvalue weighted by molar-refractivity contribution is -0.159. The molecule has 1 heterocycles. The molecule has 2 aromatic carbocycles. The second-order valence-corrected chi connectivity index (χ2v) is 7.97. The van der Waals surface area contributed by atoms with Gasteiger partial charge in [-0.15, -0.1) is 0 Å². The maximum Gasteiger partial charge on any atom is 0.414 e. The summed E-state index contributed by atoms with van der Waals surface area (Å²) in [6, 6.07) is 15.2. The third-order valence-electron chi connectivity index (χ3n) is 4.76. The second-order valence-electron chi connectivity index (χ2n) is 7.12. The number of aryl methyl sites for hydroxylation is 1. The van der Waals surface area contributed by atoms with Gasteiger partial charge in [0.15, 0.2) is 0 Å². The van der Waals surface area contributed by atoms with E-state index in [0.29, 0.717) is 0 Å². The zero-order valence-electron chi connectivity index (χ0n) is 17.2. The third-order valence-corrected chi connectivity index (χ3v) is 5.38. The molecular weight excluding hydrogens is 452 g/mol. The lowest BCUT2D eigenvalue weighted by atomic mass is 10.1. The Bertz CT molecular complexity index is 854. The summed E-state index contributed by atoms with van der Waals surface area (Å²) in [6.07, 6.45) is 0. The molecule has 8 heteroatoms. The minimum atomic E-state index is -1.82. The molecule has 1 fully saturated rings. The zero-order chi connectivity index (χ0) is 22.1. The van der Waals surface area contributed by atoms with E-state index in [0.717, 1.165) is 49.5 Å². The number of hydrogen-bond donors (Lipinski definition) is 2. The lowest BCUT2D eigenvalue weighted by Gasteiger charge is -2.34. The van der Waals surface area contributed by atoms with Crippen LogP contribution in [-0.4, -0.2) is 65.2 Å². The molecule has 3 rings (SSSR count). The predicted octanol–water partition coefficient (Wildman–Crippen LogP) is 3.24. The normalized spacial score (nSPS) is 14.5. The Hall–Kier alpha value is -2.42. The largest absolute Gasteiger partial charge is 0.496 e. The first-order valence-electron chi connectivity index (χ1n) is 9.57. The average Bonchev–Trinajstić information content (AvgIpc) is 2.70. The average molecular weight is 479 g/mol. The van der Waals surface area contributed by atoms with Crippen molar-refractivity contribution < 1.29 is 24.5 Å². The van der Waals surface area contributed by atoms with E-state index in [2.05, 4.69) is 69.1 Å². The van der Waals surface area contributed by atoms with E-state index in [1.807, 2.05) is 6.07 Å². The van der Waals surface area contributed by atoms with Crippen LogP contribution in [0.3, 0.4) is 0 Å². The molecule has 1 saturated heterocycles. The van der Waals surface area contributed by atoms with Crippen molar-refractivity contribution in [2.24, 2.45) is 0 Å². The smallest absolute Gasteiger partial charge is 0.414 e. The molecule has 1 aliphatic rings. The van der Waals surface area contributed by atoms with Gasteiger partial charge in [0, 0.05) is 39.3 Å². The fraction of sp³-hybridized carbons (Fsp3) is 0.364. The number of carbonyl (C=O) groups is 2. The summed E-state index contributed by atoms with van der Waals surface area (Å²) in [5.74, 6) is -2.76. The molecule has 162 valence electrons. The molecule has 2 aromatic rings. The zero-order valence-corrected chi connectivity index (χ0v) is 18.8. The van der Waals surface area contributed by atoms with Gasteiger partial charge in [-0.3, -0.25) is 9.80 Å². The molecule has 0 saturated carbocycles. The number of carboxylic acids is 2. The minimum absolute atomic E-state index is 0.890. The maximum absolute atomic E-state index is 9.10. The molecule has 0 bridgehead atoms. The molecule has 0 amide bonds. The number of nitrogens with zero attached hydrogens (tertiary/aromatic N) is 2. The number of hydrogen-bond acceptors (Lipinski definition) is 5. The van der Waals surface area contributed by atoms with Crippen LogP contribution in [0, 0.1) is 6.92 Å². The van der Waals surface area contributed by atoms with Gasteiger partial charge in [-0.1, -0.05) is 35.9 Å². The number of piperazine rings is 1. The molecule has 1 aliphatic heterocycles. The molecule has 0 unspecified atom stereocenters. The van der Waals surface area contributed by atoms with Gasteiger partial charge in [0.05, 0.1) is 11.6 Å². The number of ether oxygens (including phenoxy) is 1. The van der Waals surface area contributed by atoms with Crippen molar-refractivity contribution in [2.45, 2.75) is 20.0 Å². The molecule has 0 aliphatic carbocycles. The van der Waals surface area contributed by atoms with Crippen LogP contribution < -0.4 is 4.74 Å². The van der Waals surface area contributed by atoms with Crippen molar-refractivity contribution in [1.29, 1.82) is 0 Å². The summed E-state index contributed by atoms with van der Waals surface area (Å²) in [5.41, 5.74) is 4.09. The number of methoxy groups -OCH3 is 1. The number of benzene rings is 2. The van der Waals surface area contributed by atoms with Crippen LogP contribution >= 0.6 is 15.9 Å². The lowest BCUT2D eigenvalue weighted by Crippen LogP contribution is -2.45. The maximum atomic E-state index is 9.10. The topological polar surface area (TPSA) is 90.3 Å². The Morgan fingerprint density at radius 1 is 0.933 bits per heavy atom. The third kappa shape index (κ3) is 7.78. The SMILES string of the molecule is COc1ccc(CN2CCN(Cc3cccc(C)c3)CC2)cc1Br.O=C(O)C(=O)O. The fourth-order valence-corrected chi connectivity index (χ4v) is 3.83. The van der Waals surface area contributed by atoms with E-state index in [1.54, 1.807) is 7.11 Å². The van der Waals surface area contributed by atoms with Gasteiger partial charge in [0.25, 0.3) is 0 Å². The Kier molecular flexibility index (Phi) is 9.29. The summed E-state index contributed by atoms with van der Waals surface area (Å²) in [5, 5.41) is 14.8. The molecule has 7 nitrogen and oxygen atoms in total. The first kappa shape index (κ1) is 23.9. The van der Waals surface area contributed by atoms with Crippen LogP contribution in [0.1, 0.15) is 16.7 Å². The summed E-state index contributed by atoms with van der Waals surface area (Å²) in [4.78, 5) is 23.3. The highest BCUT2D eigenvalue weighted by Gasteiger charge is 2.17. The molecule has 0 aromatic heterocycles. The van der Waals surface area contributed by atoms with E-state index < -0.39 is 11.9 Å². The van der Waals surface area contributed by atoms with E-state index in [1.165, 1.54) is 16.7 Å². The Labute approximate surface area is 185 Å². The van der Waals surface area contributed by atoms with Gasteiger partial charge in [0.1, 0.15) is 5.75 Å². The summed E-state index contributed by atoms with van der Waals surface area (Å²) >= 11 is 3.57. The fourth-order valence-electron chi connectivity index (χ4n) is 3.24. The number of aliphatic carboxylic acids is 2. The first-order valence-corrected chi connectivity index (χ1v) is 10.4. The van der Waals surface area contributed by atoms with Gasteiger partial charge in [0.2, 0.25) is 0 Å². The van der Waals surface area contributed by atoms with Crippen molar-refractivity contribution in [3.8, 4) is 5.75 Å². The highest BCUT2D eigenvalue weighted by molar-refractivity contribution is 9.10. The second kappa shape index (κ2) is 11.7. The van der Waals surface area contributed by atoms with Crippen molar-refractivity contribution in [3.63, 3.8) is 0 Å². The van der Waals surface area contributed by atoms with Gasteiger partial charge in [-0.25, -0.2) is 9.59 Å². The molecule has 30 heavy (non-hydrogen) atoms. The van der Waals surface area contributed by atoms with Crippen LogP contribution in [0.4, 0.5) is 0 Å². The Morgan fingerprint density at radius 2 is 1.47 bits per heavy atom. The predicted molar refractivity (Wildman–Crippen MR) is 118 cm³/mol. The number of carboxylic acid groups (broad SMARTS) is 2. The molecule has 2 N–H and O–H groups in total. The first-order chi connectivity index (χ1) is 14.3. The number of halogens is 1. The monoisotopic (exact) mass is 478 g/mol. The molecule has 0 spiro atoms. The van der Waals surface area contributed by atoms with Gasteiger partial charge in [-0.2, -0.15) is 0 Å². The highest BCUT2D eigenvalue weighted by atomic mass is 79.9. The van der Waals surface area contributed by atoms with Crippen LogP contribution in [0.5, 0.6) is 5.75 Å². The minimum Gasteiger partial charge on any atom is -0.496 e. The van der Waals surface area contributed by atoms with Crippen LogP contribution in [0.25, 0.3) is 0 Å². The van der Waals surface area contributed by atoms with Gasteiger partial charge < -0.3 is 14.9 Å². The van der Waals surface area contributed by atoms with Crippen LogP contribution in [-0.2, 0) is 22.7 Å². The van der Waals surface area contributed by atoms with E-state index in [9.17, 15) is 0 Å². The summed E-state index contributed by atoms with van der Waals surface area (Å²) in [7, 11) is 1.70. The highest BCUT2D eigenvalue weighted by Crippen LogP contribution is 2.26. The Morgan fingerprint density at radius 3 is 1.90 bits per heavy atom. The Balaban J connectivity index is 0.000000469. The van der Waals surface area contributed by atoms with Crippen molar-refractivity contribution >= 4 is 27.9 Å². The standard InChI is InChI=1S/C20H25BrN2O.C2H2O4/c1-16-4-3-5-17(12-16)14-22-8-10-23(11-9-22)15-18-6-7-20(24-2)19(21)13-18;3-1(4)2(5)6/h3-7,12-13H,8-11,14-15H2,1-2H3;(H,3,4)(H,5,6). The van der Waals surface area contributed by atoms with Gasteiger partial charge >= 0.3 is 11.9 Å². The van der Waals surface area contributed by atoms with Crippen molar-refractivity contribution in [2.75, 3.05) is 33.3 Å². The molecule has 0 atom stereocenters. The van der Waals surface area contributed by atoms with Crippen LogP contribution in [0.2, 0.25) is 0 Å². The molecule has 0 radical (unpaired) electrons.